The molecule has 1 aliphatic heterocycles. The SMILES string of the molecule is CCNCCNC1=CCC=C(C)N=C1. The third kappa shape index (κ3) is 4.23. The molecule has 0 radical (unpaired) electrons. The topological polar surface area (TPSA) is 36.4 Å². The molecule has 0 amide bonds. The molecule has 0 unspecified atom stereocenters. The number of nitrogens with zero attached hydrogens (tertiary/aromatic N) is 1. The van der Waals surface area contributed by atoms with E-state index in [-0.39, 0.29) is 0 Å². The molecule has 2 N–H and O–H groups in total. The maximum atomic E-state index is 4.29. The highest BCUT2D eigenvalue weighted by atomic mass is 15.0. The van der Waals surface area contributed by atoms with E-state index in [1.165, 1.54) is 0 Å². The fourth-order valence-corrected chi connectivity index (χ4v) is 1.22. The first-order valence-corrected chi connectivity index (χ1v) is 5.18. The lowest BCUT2D eigenvalue weighted by molar-refractivity contribution is 0.681. The van der Waals surface area contributed by atoms with E-state index >= 15 is 0 Å². The summed E-state index contributed by atoms with van der Waals surface area (Å²) in [5.74, 6) is 0. The van der Waals surface area contributed by atoms with Gasteiger partial charge in [0.1, 0.15) is 0 Å². The van der Waals surface area contributed by atoms with Crippen molar-refractivity contribution in [3.63, 3.8) is 0 Å². The molecule has 0 saturated heterocycles. The Bertz CT molecular complexity index is 251. The van der Waals surface area contributed by atoms with Crippen molar-refractivity contribution in [1.82, 2.24) is 10.6 Å². The zero-order valence-electron chi connectivity index (χ0n) is 9.01. The summed E-state index contributed by atoms with van der Waals surface area (Å²) >= 11 is 0. The van der Waals surface area contributed by atoms with Crippen LogP contribution in [0.2, 0.25) is 0 Å². The van der Waals surface area contributed by atoms with E-state index in [1.807, 2.05) is 13.1 Å². The summed E-state index contributed by atoms with van der Waals surface area (Å²) in [6, 6.07) is 0. The lowest BCUT2D eigenvalue weighted by Gasteiger charge is -2.06. The van der Waals surface area contributed by atoms with Crippen LogP contribution >= 0.6 is 0 Å². The quantitative estimate of drug-likeness (QED) is 0.648. The third-order valence-electron chi connectivity index (χ3n) is 2.04. The zero-order valence-corrected chi connectivity index (χ0v) is 9.01. The minimum atomic E-state index is 0.949. The second-order valence-corrected chi connectivity index (χ2v) is 3.28. The van der Waals surface area contributed by atoms with Crippen molar-refractivity contribution in [3.05, 3.63) is 23.5 Å². The molecule has 1 heterocycles. The molecule has 78 valence electrons. The van der Waals surface area contributed by atoms with Gasteiger partial charge in [0.2, 0.25) is 0 Å². The van der Waals surface area contributed by atoms with E-state index in [4.69, 9.17) is 0 Å². The molecule has 1 rings (SSSR count). The predicted molar refractivity (Wildman–Crippen MR) is 61.5 cm³/mol. The van der Waals surface area contributed by atoms with E-state index in [9.17, 15) is 0 Å². The standard InChI is InChI=1S/C11H19N3/c1-3-12-7-8-13-11-6-4-5-10(2)14-9-11/h5-6,9,12-13H,3-4,7-8H2,1-2H3. The summed E-state index contributed by atoms with van der Waals surface area (Å²) in [7, 11) is 0. The van der Waals surface area contributed by atoms with Crippen LogP contribution < -0.4 is 10.6 Å². The van der Waals surface area contributed by atoms with Gasteiger partial charge in [-0.1, -0.05) is 19.1 Å². The van der Waals surface area contributed by atoms with E-state index in [0.29, 0.717) is 0 Å². The van der Waals surface area contributed by atoms with Gasteiger partial charge in [0.05, 0.1) is 0 Å². The van der Waals surface area contributed by atoms with Crippen LogP contribution in [-0.2, 0) is 0 Å². The van der Waals surface area contributed by atoms with Crippen molar-refractivity contribution in [2.24, 2.45) is 4.99 Å². The molecule has 0 saturated carbocycles. The first-order chi connectivity index (χ1) is 6.83. The first kappa shape index (κ1) is 11.0. The van der Waals surface area contributed by atoms with Gasteiger partial charge in [0.25, 0.3) is 0 Å². The lowest BCUT2D eigenvalue weighted by atomic mass is 10.3. The fourth-order valence-electron chi connectivity index (χ4n) is 1.22. The number of nitrogens with one attached hydrogen (secondary N) is 2. The van der Waals surface area contributed by atoms with E-state index in [2.05, 4.69) is 34.7 Å². The highest BCUT2D eigenvalue weighted by molar-refractivity contribution is 5.79. The van der Waals surface area contributed by atoms with Crippen LogP contribution in [0.25, 0.3) is 0 Å². The molecule has 14 heavy (non-hydrogen) atoms. The first-order valence-electron chi connectivity index (χ1n) is 5.18. The van der Waals surface area contributed by atoms with Gasteiger partial charge in [-0.3, -0.25) is 4.99 Å². The molecule has 0 spiro atoms. The Kier molecular flexibility index (Phi) is 5.00. The Morgan fingerprint density at radius 3 is 3.00 bits per heavy atom. The number of hydrogen-bond donors (Lipinski definition) is 2. The highest BCUT2D eigenvalue weighted by Crippen LogP contribution is 2.03. The highest BCUT2D eigenvalue weighted by Gasteiger charge is 1.95. The molecule has 0 aromatic carbocycles. The van der Waals surface area contributed by atoms with Gasteiger partial charge in [-0.25, -0.2) is 0 Å². The van der Waals surface area contributed by atoms with Crippen molar-refractivity contribution in [2.75, 3.05) is 19.6 Å². The molecule has 1 aliphatic rings. The van der Waals surface area contributed by atoms with Crippen molar-refractivity contribution in [2.45, 2.75) is 20.3 Å². The number of rotatable bonds is 5. The predicted octanol–water partition coefficient (Wildman–Crippen LogP) is 1.45. The van der Waals surface area contributed by atoms with Gasteiger partial charge in [-0.15, -0.1) is 0 Å². The number of aliphatic imine (C=N–C) groups is 1. The molecular formula is C11H19N3. The van der Waals surface area contributed by atoms with Crippen LogP contribution in [0.4, 0.5) is 0 Å². The summed E-state index contributed by atoms with van der Waals surface area (Å²) in [6.07, 6.45) is 7.14. The largest absolute Gasteiger partial charge is 0.383 e. The fraction of sp³-hybridized carbons (Fsp3) is 0.545. The van der Waals surface area contributed by atoms with Crippen LogP contribution in [0.1, 0.15) is 20.3 Å². The summed E-state index contributed by atoms with van der Waals surface area (Å²) < 4.78 is 0. The third-order valence-corrected chi connectivity index (χ3v) is 2.04. The molecule has 3 heteroatoms. The van der Waals surface area contributed by atoms with Crippen molar-refractivity contribution in [1.29, 1.82) is 0 Å². The summed E-state index contributed by atoms with van der Waals surface area (Å²) in [4.78, 5) is 4.29. The van der Waals surface area contributed by atoms with Crippen molar-refractivity contribution < 1.29 is 0 Å². The van der Waals surface area contributed by atoms with Gasteiger partial charge in [0, 0.05) is 30.7 Å². The summed E-state index contributed by atoms with van der Waals surface area (Å²) in [6.45, 7) is 7.10. The van der Waals surface area contributed by atoms with Gasteiger partial charge < -0.3 is 10.6 Å². The Morgan fingerprint density at radius 1 is 1.36 bits per heavy atom. The van der Waals surface area contributed by atoms with Gasteiger partial charge in [-0.2, -0.15) is 0 Å². The van der Waals surface area contributed by atoms with Crippen LogP contribution in [-0.4, -0.2) is 25.8 Å². The Balaban J connectivity index is 2.25. The van der Waals surface area contributed by atoms with Crippen LogP contribution in [0.3, 0.4) is 0 Å². The van der Waals surface area contributed by atoms with Crippen LogP contribution in [0.15, 0.2) is 28.5 Å². The second kappa shape index (κ2) is 6.38. The Labute approximate surface area is 86.0 Å². The molecule has 3 nitrogen and oxygen atoms in total. The maximum absolute atomic E-state index is 4.29. The molecule has 0 aromatic rings. The van der Waals surface area contributed by atoms with Crippen LogP contribution in [0, 0.1) is 0 Å². The Morgan fingerprint density at radius 2 is 2.21 bits per heavy atom. The van der Waals surface area contributed by atoms with Crippen molar-refractivity contribution in [3.8, 4) is 0 Å². The molecule has 0 bridgehead atoms. The molecule has 0 fully saturated rings. The summed E-state index contributed by atoms with van der Waals surface area (Å²) in [5, 5.41) is 6.60. The minimum absolute atomic E-state index is 0.949. The average Bonchev–Trinajstić information content (AvgIpc) is 2.38. The van der Waals surface area contributed by atoms with Crippen LogP contribution in [0.5, 0.6) is 0 Å². The van der Waals surface area contributed by atoms with Crippen molar-refractivity contribution >= 4 is 6.21 Å². The lowest BCUT2D eigenvalue weighted by Crippen LogP contribution is -2.27. The zero-order chi connectivity index (χ0) is 10.2. The van der Waals surface area contributed by atoms with E-state index in [0.717, 1.165) is 37.4 Å². The number of likely N-dealkylation sites (N-methyl/N-ethyl adjacent to an activating group) is 1. The average molecular weight is 193 g/mol. The molecule has 0 aromatic heterocycles. The smallest absolute Gasteiger partial charge is 0.0499 e. The van der Waals surface area contributed by atoms with Gasteiger partial charge >= 0.3 is 0 Å². The molecular weight excluding hydrogens is 174 g/mol. The summed E-state index contributed by atoms with van der Waals surface area (Å²) in [5.41, 5.74) is 2.21. The molecule has 0 atom stereocenters. The van der Waals surface area contributed by atoms with Gasteiger partial charge in [-0.05, 0) is 19.9 Å². The number of hydrogen-bond acceptors (Lipinski definition) is 3. The van der Waals surface area contributed by atoms with E-state index in [1.54, 1.807) is 0 Å². The van der Waals surface area contributed by atoms with E-state index < -0.39 is 0 Å². The number of allylic oxidation sites excluding steroid dienone is 4. The Hall–Kier alpha value is -1.09. The monoisotopic (exact) mass is 193 g/mol. The normalized spacial score (nSPS) is 15.9. The second-order valence-electron chi connectivity index (χ2n) is 3.28. The van der Waals surface area contributed by atoms with Gasteiger partial charge in [0.15, 0.2) is 0 Å². The minimum Gasteiger partial charge on any atom is -0.383 e. The maximum Gasteiger partial charge on any atom is 0.0499 e. The molecule has 0 aliphatic carbocycles.